The van der Waals surface area contributed by atoms with Crippen LogP contribution < -0.4 is 0 Å². The van der Waals surface area contributed by atoms with Gasteiger partial charge in [-0.3, -0.25) is 0 Å². The molecule has 0 saturated carbocycles. The molecule has 0 atom stereocenters. The zero-order valence-corrected chi connectivity index (χ0v) is 11.3. The first-order chi connectivity index (χ1) is 8.79. The molecule has 0 radical (unpaired) electrons. The second-order valence-electron chi connectivity index (χ2n) is 4.02. The predicted octanol–water partition coefficient (Wildman–Crippen LogP) is 2.64. The van der Waals surface area contributed by atoms with E-state index in [1.165, 1.54) is 5.56 Å². The molecule has 4 heteroatoms. The molecule has 0 N–H and O–H groups in total. The Kier molecular flexibility index (Phi) is 4.70. The SMILES string of the molecule is CCOC(=O)C1=CN(Cc2ccccc2)CCS1. The predicted molar refractivity (Wildman–Crippen MR) is 74.0 cm³/mol. The molecule has 0 amide bonds. The molecule has 0 unspecified atom stereocenters. The number of carbonyl (C=O) groups is 1. The lowest BCUT2D eigenvalue weighted by atomic mass is 10.2. The first-order valence-electron chi connectivity index (χ1n) is 6.09. The fourth-order valence-corrected chi connectivity index (χ4v) is 2.74. The zero-order chi connectivity index (χ0) is 12.8. The Morgan fingerprint density at radius 2 is 2.17 bits per heavy atom. The smallest absolute Gasteiger partial charge is 0.346 e. The molecule has 0 aromatic heterocycles. The van der Waals surface area contributed by atoms with Gasteiger partial charge in [-0.25, -0.2) is 4.79 Å². The molecule has 18 heavy (non-hydrogen) atoms. The number of hydrogen-bond acceptors (Lipinski definition) is 4. The highest BCUT2D eigenvalue weighted by Crippen LogP contribution is 2.23. The van der Waals surface area contributed by atoms with E-state index in [0.29, 0.717) is 11.5 Å². The van der Waals surface area contributed by atoms with Gasteiger partial charge < -0.3 is 9.64 Å². The quantitative estimate of drug-likeness (QED) is 0.781. The summed E-state index contributed by atoms with van der Waals surface area (Å²) >= 11 is 1.57. The van der Waals surface area contributed by atoms with Gasteiger partial charge in [0.2, 0.25) is 0 Å². The van der Waals surface area contributed by atoms with Crippen molar-refractivity contribution in [3.8, 4) is 0 Å². The highest BCUT2D eigenvalue weighted by Gasteiger charge is 2.17. The Balaban J connectivity index is 2.01. The van der Waals surface area contributed by atoms with Crippen molar-refractivity contribution in [1.82, 2.24) is 4.90 Å². The Hall–Kier alpha value is -1.42. The molecule has 0 saturated heterocycles. The van der Waals surface area contributed by atoms with E-state index in [0.717, 1.165) is 18.8 Å². The minimum atomic E-state index is -0.208. The van der Waals surface area contributed by atoms with Crippen molar-refractivity contribution < 1.29 is 9.53 Å². The van der Waals surface area contributed by atoms with E-state index in [1.54, 1.807) is 11.8 Å². The van der Waals surface area contributed by atoms with Crippen molar-refractivity contribution in [2.75, 3.05) is 18.9 Å². The summed E-state index contributed by atoms with van der Waals surface area (Å²) in [5.41, 5.74) is 1.25. The third-order valence-corrected chi connectivity index (χ3v) is 3.61. The van der Waals surface area contributed by atoms with Gasteiger partial charge in [0, 0.05) is 25.0 Å². The number of esters is 1. The maximum absolute atomic E-state index is 11.7. The Morgan fingerprint density at radius 1 is 1.39 bits per heavy atom. The van der Waals surface area contributed by atoms with Crippen molar-refractivity contribution in [3.05, 3.63) is 47.0 Å². The van der Waals surface area contributed by atoms with Gasteiger partial charge in [-0.2, -0.15) is 0 Å². The van der Waals surface area contributed by atoms with E-state index in [1.807, 2.05) is 31.3 Å². The third-order valence-electron chi connectivity index (χ3n) is 2.64. The minimum Gasteiger partial charge on any atom is -0.462 e. The summed E-state index contributed by atoms with van der Waals surface area (Å²) in [5, 5.41) is 0. The van der Waals surface area contributed by atoms with Crippen LogP contribution in [0.25, 0.3) is 0 Å². The van der Waals surface area contributed by atoms with E-state index >= 15 is 0 Å². The molecule has 2 rings (SSSR count). The number of ether oxygens (including phenoxy) is 1. The molecule has 0 aliphatic carbocycles. The van der Waals surface area contributed by atoms with Crippen LogP contribution in [0.2, 0.25) is 0 Å². The van der Waals surface area contributed by atoms with E-state index in [4.69, 9.17) is 4.74 Å². The van der Waals surface area contributed by atoms with Gasteiger partial charge in [-0.15, -0.1) is 11.8 Å². The average Bonchev–Trinajstić information content (AvgIpc) is 2.40. The van der Waals surface area contributed by atoms with E-state index in [2.05, 4.69) is 17.0 Å². The molecule has 0 spiro atoms. The van der Waals surface area contributed by atoms with E-state index in [9.17, 15) is 4.79 Å². The number of nitrogens with zero attached hydrogens (tertiary/aromatic N) is 1. The number of thioether (sulfide) groups is 1. The van der Waals surface area contributed by atoms with Gasteiger partial charge in [0.1, 0.15) is 4.91 Å². The summed E-state index contributed by atoms with van der Waals surface area (Å²) in [7, 11) is 0. The molecule has 1 aliphatic rings. The van der Waals surface area contributed by atoms with Crippen molar-refractivity contribution in [2.24, 2.45) is 0 Å². The topological polar surface area (TPSA) is 29.5 Å². The van der Waals surface area contributed by atoms with Crippen LogP contribution in [0, 0.1) is 0 Å². The lowest BCUT2D eigenvalue weighted by Crippen LogP contribution is -2.25. The number of rotatable bonds is 4. The molecule has 96 valence electrons. The van der Waals surface area contributed by atoms with Gasteiger partial charge >= 0.3 is 5.97 Å². The van der Waals surface area contributed by atoms with Crippen LogP contribution in [0.4, 0.5) is 0 Å². The van der Waals surface area contributed by atoms with Gasteiger partial charge in [-0.05, 0) is 12.5 Å². The van der Waals surface area contributed by atoms with Crippen LogP contribution in [-0.2, 0) is 16.1 Å². The number of benzene rings is 1. The molecule has 0 fully saturated rings. The summed E-state index contributed by atoms with van der Waals surface area (Å²) in [6, 6.07) is 10.3. The first kappa shape index (κ1) is 13.0. The van der Waals surface area contributed by atoms with Gasteiger partial charge in [0.25, 0.3) is 0 Å². The summed E-state index contributed by atoms with van der Waals surface area (Å²) in [4.78, 5) is 14.5. The van der Waals surface area contributed by atoms with E-state index < -0.39 is 0 Å². The average molecular weight is 263 g/mol. The summed E-state index contributed by atoms with van der Waals surface area (Å²) in [6.07, 6.45) is 1.92. The Bertz CT molecular complexity index is 431. The molecular weight excluding hydrogens is 246 g/mol. The molecule has 1 aliphatic heterocycles. The first-order valence-corrected chi connectivity index (χ1v) is 7.08. The monoisotopic (exact) mass is 263 g/mol. The second-order valence-corrected chi connectivity index (χ2v) is 5.16. The number of carbonyl (C=O) groups excluding carboxylic acids is 1. The Morgan fingerprint density at radius 3 is 2.89 bits per heavy atom. The third kappa shape index (κ3) is 3.53. The molecule has 3 nitrogen and oxygen atoms in total. The molecule has 1 heterocycles. The van der Waals surface area contributed by atoms with Crippen LogP contribution in [0.5, 0.6) is 0 Å². The maximum Gasteiger partial charge on any atom is 0.346 e. The van der Waals surface area contributed by atoms with Crippen molar-refractivity contribution in [2.45, 2.75) is 13.5 Å². The van der Waals surface area contributed by atoms with Gasteiger partial charge in [0.05, 0.1) is 6.61 Å². The molecular formula is C14H17NO2S. The lowest BCUT2D eigenvalue weighted by molar-refractivity contribution is -0.137. The summed E-state index contributed by atoms with van der Waals surface area (Å²) in [6.45, 7) is 4.05. The maximum atomic E-state index is 11.7. The lowest BCUT2D eigenvalue weighted by Gasteiger charge is -2.25. The normalized spacial score (nSPS) is 15.2. The van der Waals surface area contributed by atoms with Crippen LogP contribution in [0.3, 0.4) is 0 Å². The second kappa shape index (κ2) is 6.50. The van der Waals surface area contributed by atoms with Crippen LogP contribution in [0.1, 0.15) is 12.5 Å². The number of hydrogen-bond donors (Lipinski definition) is 0. The van der Waals surface area contributed by atoms with Crippen LogP contribution in [0.15, 0.2) is 41.4 Å². The van der Waals surface area contributed by atoms with Gasteiger partial charge in [-0.1, -0.05) is 30.3 Å². The summed E-state index contributed by atoms with van der Waals surface area (Å²) < 4.78 is 5.03. The fourth-order valence-electron chi connectivity index (χ4n) is 1.80. The Labute approximate surface area is 112 Å². The highest BCUT2D eigenvalue weighted by atomic mass is 32.2. The standard InChI is InChI=1S/C14H17NO2S/c1-2-17-14(16)13-11-15(8-9-18-13)10-12-6-4-3-5-7-12/h3-7,11H,2,8-10H2,1H3. The molecule has 1 aromatic rings. The van der Waals surface area contributed by atoms with Crippen molar-refractivity contribution in [3.63, 3.8) is 0 Å². The van der Waals surface area contributed by atoms with Crippen molar-refractivity contribution in [1.29, 1.82) is 0 Å². The minimum absolute atomic E-state index is 0.208. The fraction of sp³-hybridized carbons (Fsp3) is 0.357. The van der Waals surface area contributed by atoms with Gasteiger partial charge in [0.15, 0.2) is 0 Å². The van der Waals surface area contributed by atoms with Crippen LogP contribution in [-0.4, -0.2) is 29.8 Å². The van der Waals surface area contributed by atoms with E-state index in [-0.39, 0.29) is 5.97 Å². The highest BCUT2D eigenvalue weighted by molar-refractivity contribution is 8.04. The molecule has 1 aromatic carbocycles. The largest absolute Gasteiger partial charge is 0.462 e. The molecule has 0 bridgehead atoms. The van der Waals surface area contributed by atoms with Crippen molar-refractivity contribution >= 4 is 17.7 Å². The van der Waals surface area contributed by atoms with Crippen LogP contribution >= 0.6 is 11.8 Å². The summed E-state index contributed by atoms with van der Waals surface area (Å²) in [5.74, 6) is 0.720. The zero-order valence-electron chi connectivity index (χ0n) is 10.5.